The first-order valence-electron chi connectivity index (χ1n) is 13.5. The molecule has 11 heteroatoms. The van der Waals surface area contributed by atoms with Gasteiger partial charge in [-0.3, -0.25) is 4.79 Å². The lowest BCUT2D eigenvalue weighted by molar-refractivity contribution is -0.234. The summed E-state index contributed by atoms with van der Waals surface area (Å²) in [7, 11) is -4.65. The number of carbonyl (C=O) groups excluding carboxylic acids is 3. The summed E-state index contributed by atoms with van der Waals surface area (Å²) in [5.41, 5.74) is -5.31. The van der Waals surface area contributed by atoms with E-state index in [2.05, 4.69) is 20.8 Å². The first kappa shape index (κ1) is 26.0. The maximum Gasteiger partial charge on any atom is 0.342 e. The van der Waals surface area contributed by atoms with Crippen molar-refractivity contribution in [2.24, 2.45) is 28.1 Å². The van der Waals surface area contributed by atoms with Gasteiger partial charge in [-0.2, -0.15) is 0 Å². The van der Waals surface area contributed by atoms with E-state index in [9.17, 15) is 14.4 Å². The molecule has 206 valence electrons. The van der Waals surface area contributed by atoms with Gasteiger partial charge in [-0.1, -0.05) is 20.8 Å². The van der Waals surface area contributed by atoms with Crippen LogP contribution in [0, 0.1) is 28.1 Å². The smallest absolute Gasteiger partial charge is 0.342 e. The number of hydrogen-bond donors (Lipinski definition) is 0. The van der Waals surface area contributed by atoms with Crippen LogP contribution in [-0.4, -0.2) is 70.3 Å². The maximum absolute atomic E-state index is 14.2. The molecule has 4 aliphatic heterocycles. The third-order valence-electron chi connectivity index (χ3n) is 9.84. The molecule has 37 heavy (non-hydrogen) atoms. The van der Waals surface area contributed by atoms with Crippen molar-refractivity contribution in [1.82, 2.24) is 0 Å². The van der Waals surface area contributed by atoms with Crippen LogP contribution in [0.3, 0.4) is 0 Å². The van der Waals surface area contributed by atoms with Crippen molar-refractivity contribution in [3.05, 3.63) is 0 Å². The summed E-state index contributed by atoms with van der Waals surface area (Å²) >= 11 is 0. The minimum absolute atomic E-state index is 0.119. The Hall–Kier alpha value is -1.28. The Balaban J connectivity index is 1.68. The van der Waals surface area contributed by atoms with E-state index in [1.165, 1.54) is 0 Å². The predicted molar refractivity (Wildman–Crippen MR) is 135 cm³/mol. The maximum atomic E-state index is 14.2. The van der Waals surface area contributed by atoms with Crippen molar-refractivity contribution in [3.8, 4) is 0 Å². The number of carbonyl (C=O) groups is 3. The van der Waals surface area contributed by atoms with Gasteiger partial charge in [-0.15, -0.1) is 0 Å². The Kier molecular flexibility index (Phi) is 4.83. The molecule has 0 bridgehead atoms. The minimum atomic E-state index is -2.38. The molecule has 6 rings (SSSR count). The highest BCUT2D eigenvalue weighted by atomic mass is 28.4. The second-order valence-electron chi connectivity index (χ2n) is 15.0. The van der Waals surface area contributed by atoms with E-state index < -0.39 is 87.1 Å². The monoisotopic (exact) mass is 552 g/mol. The highest BCUT2D eigenvalue weighted by Gasteiger charge is 3.01. The summed E-state index contributed by atoms with van der Waals surface area (Å²) in [6.45, 7) is 20.4. The van der Waals surface area contributed by atoms with Gasteiger partial charge in [0.05, 0.1) is 16.7 Å². The molecule has 4 saturated heterocycles. The third kappa shape index (κ3) is 2.64. The fourth-order valence-electron chi connectivity index (χ4n) is 9.24. The van der Waals surface area contributed by atoms with Crippen LogP contribution < -0.4 is 0 Å². The fraction of sp³-hybridized carbons (Fsp3) is 0.885. The minimum Gasteiger partial charge on any atom is -0.459 e. The standard InChI is InChI=1S/C26H40O9Si2/c1-13-18(27)30-16-12-23-15-11-14(22(2,3)4)24(23)17(34-36(5,6)7)19(28)32-21(24)33-26(23,20(29)31-15)25(13,16)35-37(8,9)10/h13-17,21H,11-12H2,1-10H3/t13-,14-,15+,16+,17?,21?,23?,24?,25-,26?/m1/s1. The van der Waals surface area contributed by atoms with Crippen LogP contribution >= 0.6 is 0 Å². The molecule has 6 fully saturated rings. The zero-order valence-electron chi connectivity index (χ0n) is 23.6. The van der Waals surface area contributed by atoms with Gasteiger partial charge in [0.2, 0.25) is 11.9 Å². The summed E-state index contributed by atoms with van der Waals surface area (Å²) in [4.78, 5) is 40.9. The van der Waals surface area contributed by atoms with Crippen LogP contribution in [0.15, 0.2) is 0 Å². The Labute approximate surface area is 220 Å². The number of fused-ring (bicyclic) bond motifs is 1. The van der Waals surface area contributed by atoms with Gasteiger partial charge >= 0.3 is 17.9 Å². The number of esters is 3. The predicted octanol–water partition coefficient (Wildman–Crippen LogP) is 3.38. The Bertz CT molecular complexity index is 1100. The largest absolute Gasteiger partial charge is 0.459 e. The molecule has 0 radical (unpaired) electrons. The molecule has 0 aromatic heterocycles. The summed E-state index contributed by atoms with van der Waals surface area (Å²) in [6.07, 6.45) is -2.29. The molecule has 6 aliphatic rings. The van der Waals surface area contributed by atoms with E-state index in [1.807, 2.05) is 39.3 Å². The molecule has 9 nitrogen and oxygen atoms in total. The van der Waals surface area contributed by atoms with Gasteiger partial charge in [-0.05, 0) is 64.0 Å². The molecule has 4 heterocycles. The molecular weight excluding hydrogens is 512 g/mol. The quantitative estimate of drug-likeness (QED) is 0.295. The molecule has 0 aromatic carbocycles. The zero-order chi connectivity index (χ0) is 27.4. The van der Waals surface area contributed by atoms with Gasteiger partial charge in [0, 0.05) is 6.42 Å². The summed E-state index contributed by atoms with van der Waals surface area (Å²) < 4.78 is 38.8. The van der Waals surface area contributed by atoms with Crippen molar-refractivity contribution < 1.29 is 42.2 Å². The lowest BCUT2D eigenvalue weighted by atomic mass is 9.51. The molecule has 0 N–H and O–H groups in total. The van der Waals surface area contributed by atoms with Gasteiger partial charge in [0.15, 0.2) is 22.7 Å². The molecule has 0 aromatic rings. The van der Waals surface area contributed by atoms with Gasteiger partial charge in [0.25, 0.3) is 0 Å². The molecule has 2 spiro atoms. The number of rotatable bonds is 4. The van der Waals surface area contributed by atoms with Crippen LogP contribution in [0.25, 0.3) is 0 Å². The van der Waals surface area contributed by atoms with Gasteiger partial charge in [0.1, 0.15) is 17.8 Å². The average Bonchev–Trinajstić information content (AvgIpc) is 3.41. The molecule has 0 amide bonds. The number of ether oxygens (including phenoxy) is 4. The molecule has 5 unspecified atom stereocenters. The molecule has 10 atom stereocenters. The van der Waals surface area contributed by atoms with E-state index in [0.717, 1.165) is 0 Å². The molecular formula is C26H40O9Si2. The van der Waals surface area contributed by atoms with E-state index in [-0.39, 0.29) is 11.3 Å². The second kappa shape index (κ2) is 6.89. The Morgan fingerprint density at radius 2 is 1.54 bits per heavy atom. The summed E-state index contributed by atoms with van der Waals surface area (Å²) in [6, 6.07) is 0. The molecule has 2 saturated carbocycles. The highest BCUT2D eigenvalue weighted by Crippen LogP contribution is 2.85. The van der Waals surface area contributed by atoms with Crippen molar-refractivity contribution in [2.45, 2.75) is 116 Å². The lowest BCUT2D eigenvalue weighted by Crippen LogP contribution is -2.69. The lowest BCUT2D eigenvalue weighted by Gasteiger charge is -2.49. The topological polar surface area (TPSA) is 107 Å². The van der Waals surface area contributed by atoms with E-state index in [4.69, 9.17) is 27.8 Å². The zero-order valence-corrected chi connectivity index (χ0v) is 25.6. The van der Waals surface area contributed by atoms with E-state index >= 15 is 0 Å². The van der Waals surface area contributed by atoms with Crippen molar-refractivity contribution in [3.63, 3.8) is 0 Å². The van der Waals surface area contributed by atoms with Crippen LogP contribution in [0.5, 0.6) is 0 Å². The SMILES string of the molecule is C[C@@H]1C(=O)O[C@H]2CC34[C@@H]5C[C@H](C(C)(C)C)C36C(OC(=O)C6O[Si](C)(C)C)OC4(C(=O)O5)[C@]21O[Si](C)(C)C. The summed E-state index contributed by atoms with van der Waals surface area (Å²) in [5.74, 6) is -2.27. The highest BCUT2D eigenvalue weighted by molar-refractivity contribution is 6.70. The Morgan fingerprint density at radius 1 is 0.892 bits per heavy atom. The van der Waals surface area contributed by atoms with Crippen molar-refractivity contribution in [2.75, 3.05) is 0 Å². The van der Waals surface area contributed by atoms with Gasteiger partial charge in [-0.25, -0.2) is 9.59 Å². The normalized spacial score (nSPS) is 49.9. The Morgan fingerprint density at radius 3 is 2.11 bits per heavy atom. The fourth-order valence-corrected chi connectivity index (χ4v) is 11.7. The van der Waals surface area contributed by atoms with Crippen molar-refractivity contribution in [1.29, 1.82) is 0 Å². The first-order chi connectivity index (χ1) is 16.8. The number of hydrogen-bond acceptors (Lipinski definition) is 9. The summed E-state index contributed by atoms with van der Waals surface area (Å²) in [5, 5.41) is 0. The first-order valence-corrected chi connectivity index (χ1v) is 20.3. The van der Waals surface area contributed by atoms with Crippen LogP contribution in [0.4, 0.5) is 0 Å². The van der Waals surface area contributed by atoms with Crippen molar-refractivity contribution >= 4 is 34.5 Å². The van der Waals surface area contributed by atoms with Crippen LogP contribution in [0.2, 0.25) is 39.3 Å². The second-order valence-corrected chi connectivity index (χ2v) is 23.9. The van der Waals surface area contributed by atoms with Gasteiger partial charge < -0.3 is 27.8 Å². The third-order valence-corrected chi connectivity index (χ3v) is 11.7. The van der Waals surface area contributed by atoms with Crippen LogP contribution in [0.1, 0.15) is 40.5 Å². The average molecular weight is 553 g/mol. The molecule has 2 aliphatic carbocycles. The van der Waals surface area contributed by atoms with E-state index in [0.29, 0.717) is 12.8 Å². The van der Waals surface area contributed by atoms with Crippen LogP contribution in [-0.2, 0) is 42.2 Å². The van der Waals surface area contributed by atoms with E-state index in [1.54, 1.807) is 6.92 Å².